The third-order valence-electron chi connectivity index (χ3n) is 3.06. The molecule has 2 aromatic rings. The Bertz CT molecular complexity index is 533. The monoisotopic (exact) mass is 276 g/mol. The van der Waals surface area contributed by atoms with Gasteiger partial charge in [-0.05, 0) is 24.6 Å². The van der Waals surface area contributed by atoms with E-state index in [-0.39, 0.29) is 0 Å². The van der Waals surface area contributed by atoms with E-state index in [4.69, 9.17) is 16.3 Å². The molecule has 1 heterocycles. The highest BCUT2D eigenvalue weighted by atomic mass is 35.5. The van der Waals surface area contributed by atoms with E-state index in [1.54, 1.807) is 13.3 Å². The van der Waals surface area contributed by atoms with Gasteiger partial charge in [-0.25, -0.2) is 4.98 Å². The first kappa shape index (κ1) is 13.7. The molecule has 1 unspecified atom stereocenters. The Morgan fingerprint density at radius 2 is 1.95 bits per heavy atom. The Kier molecular flexibility index (Phi) is 4.27. The molecule has 1 N–H and O–H groups in total. The van der Waals surface area contributed by atoms with Crippen LogP contribution in [0.15, 0.2) is 48.7 Å². The van der Waals surface area contributed by atoms with Crippen molar-refractivity contribution in [2.24, 2.45) is 0 Å². The summed E-state index contributed by atoms with van der Waals surface area (Å²) in [5, 5.41) is 3.37. The highest BCUT2D eigenvalue weighted by molar-refractivity contribution is 6.18. The molecule has 0 saturated carbocycles. The fourth-order valence-electron chi connectivity index (χ4n) is 1.90. The van der Waals surface area contributed by atoms with Crippen molar-refractivity contribution >= 4 is 17.4 Å². The molecule has 1 atom stereocenters. The number of benzene rings is 1. The van der Waals surface area contributed by atoms with Crippen LogP contribution in [0.4, 0.5) is 5.82 Å². The van der Waals surface area contributed by atoms with Crippen LogP contribution < -0.4 is 10.1 Å². The summed E-state index contributed by atoms with van der Waals surface area (Å²) in [5.41, 5.74) is 0.711. The van der Waals surface area contributed by atoms with Crippen molar-refractivity contribution in [2.45, 2.75) is 12.5 Å². The average molecular weight is 277 g/mol. The maximum atomic E-state index is 6.16. The number of nitrogens with one attached hydrogen (secondary N) is 1. The number of hydrogen-bond donors (Lipinski definition) is 1. The fourth-order valence-corrected chi connectivity index (χ4v) is 2.12. The minimum Gasteiger partial charge on any atom is -0.493 e. The Morgan fingerprint density at radius 1 is 1.21 bits per heavy atom. The maximum absolute atomic E-state index is 6.16. The predicted octanol–water partition coefficient (Wildman–Crippen LogP) is 3.66. The summed E-state index contributed by atoms with van der Waals surface area (Å²) >= 11 is 6.16. The Labute approximate surface area is 118 Å². The summed E-state index contributed by atoms with van der Waals surface area (Å²) < 4.78 is 5.30. The van der Waals surface area contributed by atoms with Crippen molar-refractivity contribution in [3.63, 3.8) is 0 Å². The van der Waals surface area contributed by atoms with Crippen LogP contribution in [0, 0.1) is 0 Å². The summed E-state index contributed by atoms with van der Waals surface area (Å²) in [7, 11) is 1.63. The zero-order valence-electron chi connectivity index (χ0n) is 11.1. The van der Waals surface area contributed by atoms with Crippen molar-refractivity contribution in [1.29, 1.82) is 0 Å². The normalized spacial score (nSPS) is 13.6. The van der Waals surface area contributed by atoms with Crippen LogP contribution in [-0.2, 0) is 5.54 Å². The largest absolute Gasteiger partial charge is 0.493 e. The van der Waals surface area contributed by atoms with E-state index in [0.29, 0.717) is 17.4 Å². The van der Waals surface area contributed by atoms with E-state index >= 15 is 0 Å². The van der Waals surface area contributed by atoms with Gasteiger partial charge in [0.15, 0.2) is 11.6 Å². The number of nitrogens with zero attached hydrogens (tertiary/aromatic N) is 1. The van der Waals surface area contributed by atoms with Crippen molar-refractivity contribution in [1.82, 2.24) is 4.98 Å². The van der Waals surface area contributed by atoms with Gasteiger partial charge in [0.2, 0.25) is 0 Å². The molecular formula is C15H17ClN2O. The van der Waals surface area contributed by atoms with Gasteiger partial charge in [-0.2, -0.15) is 0 Å². The molecule has 4 heteroatoms. The molecule has 0 radical (unpaired) electrons. The minimum absolute atomic E-state index is 0.398. The molecule has 2 rings (SSSR count). The lowest BCUT2D eigenvalue weighted by molar-refractivity contribution is 0.413. The summed E-state index contributed by atoms with van der Waals surface area (Å²) in [6.45, 7) is 2.05. The van der Waals surface area contributed by atoms with Gasteiger partial charge >= 0.3 is 0 Å². The standard InChI is InChI=1S/C15H17ClN2O/c1-15(11-16,12-7-4-3-5-8-12)18-14-13(19-2)9-6-10-17-14/h3-10H,11H2,1-2H3,(H,17,18). The van der Waals surface area contributed by atoms with Gasteiger partial charge in [-0.15, -0.1) is 11.6 Å². The highest BCUT2D eigenvalue weighted by Crippen LogP contribution is 2.30. The van der Waals surface area contributed by atoms with Gasteiger partial charge in [0, 0.05) is 12.1 Å². The van der Waals surface area contributed by atoms with E-state index in [9.17, 15) is 0 Å². The zero-order chi connectivity index (χ0) is 13.7. The second-order valence-corrected chi connectivity index (χ2v) is 4.78. The van der Waals surface area contributed by atoms with Crippen molar-refractivity contribution in [3.05, 3.63) is 54.2 Å². The first-order valence-electron chi connectivity index (χ1n) is 6.08. The smallest absolute Gasteiger partial charge is 0.169 e. The molecule has 19 heavy (non-hydrogen) atoms. The number of hydrogen-bond acceptors (Lipinski definition) is 3. The van der Waals surface area contributed by atoms with Gasteiger partial charge in [0.05, 0.1) is 12.6 Å². The first-order valence-corrected chi connectivity index (χ1v) is 6.62. The third-order valence-corrected chi connectivity index (χ3v) is 3.60. The summed E-state index contributed by atoms with van der Waals surface area (Å²) in [6.07, 6.45) is 1.73. The molecule has 0 aliphatic rings. The molecule has 0 spiro atoms. The zero-order valence-corrected chi connectivity index (χ0v) is 11.8. The van der Waals surface area contributed by atoms with E-state index in [1.807, 2.05) is 49.4 Å². The Hall–Kier alpha value is -1.74. The molecule has 0 saturated heterocycles. The molecule has 0 fully saturated rings. The van der Waals surface area contributed by atoms with Crippen LogP contribution in [0.3, 0.4) is 0 Å². The van der Waals surface area contributed by atoms with Crippen molar-refractivity contribution in [3.8, 4) is 5.75 Å². The van der Waals surface area contributed by atoms with Crippen molar-refractivity contribution in [2.75, 3.05) is 18.3 Å². The molecule has 0 aliphatic carbocycles. The third kappa shape index (κ3) is 2.99. The quantitative estimate of drug-likeness (QED) is 0.847. The van der Waals surface area contributed by atoms with Crippen LogP contribution in [0.1, 0.15) is 12.5 Å². The van der Waals surface area contributed by atoms with Crippen LogP contribution in [0.5, 0.6) is 5.75 Å². The molecule has 100 valence electrons. The molecule has 3 nitrogen and oxygen atoms in total. The van der Waals surface area contributed by atoms with E-state index in [2.05, 4.69) is 10.3 Å². The van der Waals surface area contributed by atoms with Crippen LogP contribution in [0.25, 0.3) is 0 Å². The number of methoxy groups -OCH3 is 1. The number of rotatable bonds is 5. The summed E-state index contributed by atoms with van der Waals surface area (Å²) in [5.74, 6) is 1.82. The second-order valence-electron chi connectivity index (χ2n) is 4.51. The van der Waals surface area contributed by atoms with E-state index < -0.39 is 5.54 Å². The number of halogens is 1. The van der Waals surface area contributed by atoms with Crippen molar-refractivity contribution < 1.29 is 4.74 Å². The topological polar surface area (TPSA) is 34.1 Å². The van der Waals surface area contributed by atoms with E-state index in [1.165, 1.54) is 0 Å². The fraction of sp³-hybridized carbons (Fsp3) is 0.267. The lowest BCUT2D eigenvalue weighted by Gasteiger charge is -2.30. The predicted molar refractivity (Wildman–Crippen MR) is 78.9 cm³/mol. The van der Waals surface area contributed by atoms with Crippen LogP contribution >= 0.6 is 11.6 Å². The summed E-state index contributed by atoms with van der Waals surface area (Å²) in [6, 6.07) is 13.8. The summed E-state index contributed by atoms with van der Waals surface area (Å²) in [4.78, 5) is 4.31. The molecule has 0 bridgehead atoms. The second kappa shape index (κ2) is 5.93. The van der Waals surface area contributed by atoms with Crippen LogP contribution in [0.2, 0.25) is 0 Å². The number of alkyl halides is 1. The number of anilines is 1. The molecule has 0 amide bonds. The minimum atomic E-state index is -0.398. The SMILES string of the molecule is COc1cccnc1NC(C)(CCl)c1ccccc1. The lowest BCUT2D eigenvalue weighted by Crippen LogP contribution is -2.34. The Morgan fingerprint density at radius 3 is 2.58 bits per heavy atom. The number of pyridine rings is 1. The molecule has 0 aliphatic heterocycles. The van der Waals surface area contributed by atoms with Gasteiger partial charge in [-0.1, -0.05) is 30.3 Å². The number of ether oxygens (including phenoxy) is 1. The van der Waals surface area contributed by atoms with E-state index in [0.717, 1.165) is 5.56 Å². The Balaban J connectivity index is 2.33. The average Bonchev–Trinajstić information content (AvgIpc) is 2.48. The van der Waals surface area contributed by atoms with Gasteiger partial charge in [-0.3, -0.25) is 0 Å². The highest BCUT2D eigenvalue weighted by Gasteiger charge is 2.26. The van der Waals surface area contributed by atoms with Gasteiger partial charge < -0.3 is 10.1 Å². The molecule has 1 aromatic heterocycles. The van der Waals surface area contributed by atoms with Gasteiger partial charge in [0.1, 0.15) is 0 Å². The maximum Gasteiger partial charge on any atom is 0.169 e. The molecular weight excluding hydrogens is 260 g/mol. The number of aromatic nitrogens is 1. The van der Waals surface area contributed by atoms with Gasteiger partial charge in [0.25, 0.3) is 0 Å². The first-order chi connectivity index (χ1) is 9.19. The molecule has 1 aromatic carbocycles. The lowest BCUT2D eigenvalue weighted by atomic mass is 9.94. The van der Waals surface area contributed by atoms with Crippen LogP contribution in [-0.4, -0.2) is 18.0 Å².